The van der Waals surface area contributed by atoms with E-state index in [0.29, 0.717) is 11.3 Å². The highest BCUT2D eigenvalue weighted by atomic mass is 16.5. The molecule has 0 saturated carbocycles. The fourth-order valence-corrected chi connectivity index (χ4v) is 5.40. The molecule has 2 aromatic rings. The molecule has 264 valence electrons. The second-order valence-electron chi connectivity index (χ2n) is 13.0. The zero-order valence-electron chi connectivity index (χ0n) is 30.2. The lowest BCUT2D eigenvalue weighted by Crippen LogP contribution is -2.19. The van der Waals surface area contributed by atoms with Gasteiger partial charge in [0.1, 0.15) is 23.9 Å². The van der Waals surface area contributed by atoms with Crippen LogP contribution in [0.3, 0.4) is 0 Å². The van der Waals surface area contributed by atoms with Gasteiger partial charge in [0.2, 0.25) is 0 Å². The quantitative estimate of drug-likeness (QED) is 0.0841. The van der Waals surface area contributed by atoms with Gasteiger partial charge in [-0.2, -0.15) is 0 Å². The molecule has 0 spiro atoms. The van der Waals surface area contributed by atoms with Crippen LogP contribution in [-0.2, 0) is 23.9 Å². The van der Waals surface area contributed by atoms with Crippen molar-refractivity contribution in [2.24, 2.45) is 5.41 Å². The first-order valence-corrected chi connectivity index (χ1v) is 16.8. The van der Waals surface area contributed by atoms with Gasteiger partial charge >= 0.3 is 23.9 Å². The van der Waals surface area contributed by atoms with Crippen molar-refractivity contribution in [3.05, 3.63) is 112 Å². The fourth-order valence-electron chi connectivity index (χ4n) is 5.40. The van der Waals surface area contributed by atoms with Gasteiger partial charge < -0.3 is 18.9 Å². The van der Waals surface area contributed by atoms with Crippen molar-refractivity contribution in [2.75, 3.05) is 6.61 Å². The summed E-state index contributed by atoms with van der Waals surface area (Å²) in [4.78, 5) is 47.3. The first-order chi connectivity index (χ1) is 23.7. The summed E-state index contributed by atoms with van der Waals surface area (Å²) in [5.41, 5.74) is 6.68. The summed E-state index contributed by atoms with van der Waals surface area (Å²) in [6.07, 6.45) is 19.2. The summed E-state index contributed by atoms with van der Waals surface area (Å²) >= 11 is 0. The highest BCUT2D eigenvalue weighted by Gasteiger charge is 2.26. The number of benzene rings is 2. The minimum absolute atomic E-state index is 0.0922. The van der Waals surface area contributed by atoms with E-state index >= 15 is 0 Å². The van der Waals surface area contributed by atoms with E-state index in [1.807, 2.05) is 25.2 Å². The van der Waals surface area contributed by atoms with Crippen molar-refractivity contribution >= 4 is 36.0 Å². The molecule has 8 nitrogen and oxygen atoms in total. The van der Waals surface area contributed by atoms with Crippen molar-refractivity contribution in [1.29, 1.82) is 0 Å². The minimum atomic E-state index is -0.546. The molecule has 0 amide bonds. The third kappa shape index (κ3) is 14.1. The molecular weight excluding hydrogens is 632 g/mol. The molecule has 3 rings (SSSR count). The molecule has 2 aromatic carbocycles. The Morgan fingerprint density at radius 2 is 1.34 bits per heavy atom. The molecule has 0 bridgehead atoms. The molecule has 0 radical (unpaired) electrons. The molecular formula is C42H48O8. The van der Waals surface area contributed by atoms with Gasteiger partial charge in [0.05, 0.1) is 12.8 Å². The zero-order chi connectivity index (χ0) is 36.7. The van der Waals surface area contributed by atoms with Crippen LogP contribution in [0.5, 0.6) is 17.2 Å². The Hall–Kier alpha value is -5.24. The van der Waals surface area contributed by atoms with Crippen LogP contribution in [0, 0.1) is 5.41 Å². The van der Waals surface area contributed by atoms with Gasteiger partial charge in [-0.25, -0.2) is 0 Å². The Morgan fingerprint density at radius 3 is 1.96 bits per heavy atom. The van der Waals surface area contributed by atoms with Crippen molar-refractivity contribution in [3.8, 4) is 17.2 Å². The third-order valence-corrected chi connectivity index (χ3v) is 7.96. The highest BCUT2D eigenvalue weighted by Crippen LogP contribution is 2.40. The van der Waals surface area contributed by atoms with Crippen molar-refractivity contribution in [2.45, 2.75) is 80.6 Å². The average molecular weight is 681 g/mol. The zero-order valence-corrected chi connectivity index (χ0v) is 30.2. The van der Waals surface area contributed by atoms with Crippen LogP contribution in [-0.4, -0.2) is 30.5 Å². The number of ether oxygens (including phenoxy) is 4. The summed E-state index contributed by atoms with van der Waals surface area (Å²) in [5.74, 6) is -1.20. The van der Waals surface area contributed by atoms with Crippen molar-refractivity contribution in [1.82, 2.24) is 0 Å². The first kappa shape index (κ1) is 39.2. The van der Waals surface area contributed by atoms with Crippen LogP contribution in [0.25, 0.3) is 12.2 Å². The fraction of sp³-hybridized carbons (Fsp3) is 0.333. The van der Waals surface area contributed by atoms with Gasteiger partial charge in [-0.1, -0.05) is 85.2 Å². The Balaban J connectivity index is 1.42. The second-order valence-corrected chi connectivity index (χ2v) is 13.0. The highest BCUT2D eigenvalue weighted by molar-refractivity contribution is 5.79. The second kappa shape index (κ2) is 19.1. The van der Waals surface area contributed by atoms with Crippen LogP contribution < -0.4 is 14.2 Å². The molecule has 8 heteroatoms. The maximum atomic E-state index is 12.3. The lowest BCUT2D eigenvalue weighted by molar-refractivity contribution is -0.146. The summed E-state index contributed by atoms with van der Waals surface area (Å²) in [6.45, 7) is 13.6. The topological polar surface area (TPSA) is 105 Å². The first-order valence-electron chi connectivity index (χ1n) is 16.8. The molecule has 0 aromatic heterocycles. The molecule has 0 atom stereocenters. The van der Waals surface area contributed by atoms with E-state index in [9.17, 15) is 19.2 Å². The maximum Gasteiger partial charge on any atom is 0.311 e. The van der Waals surface area contributed by atoms with Gasteiger partial charge in [0.15, 0.2) is 0 Å². The van der Waals surface area contributed by atoms with Gasteiger partial charge in [-0.15, -0.1) is 0 Å². The van der Waals surface area contributed by atoms with E-state index < -0.39 is 23.9 Å². The Morgan fingerprint density at radius 1 is 0.720 bits per heavy atom. The summed E-state index contributed by atoms with van der Waals surface area (Å²) in [6, 6.07) is 11.5. The van der Waals surface area contributed by atoms with Crippen LogP contribution in [0.2, 0.25) is 0 Å². The Kier molecular flexibility index (Phi) is 15.0. The largest absolute Gasteiger partial charge is 0.461 e. The van der Waals surface area contributed by atoms with Crippen LogP contribution in [0.15, 0.2) is 101 Å². The normalized spacial score (nSPS) is 15.1. The van der Waals surface area contributed by atoms with Gasteiger partial charge in [-0.05, 0) is 92.5 Å². The molecule has 0 aliphatic heterocycles. The molecule has 0 fully saturated rings. The van der Waals surface area contributed by atoms with Crippen LogP contribution in [0.4, 0.5) is 0 Å². The summed E-state index contributed by atoms with van der Waals surface area (Å²) in [7, 11) is 0. The van der Waals surface area contributed by atoms with E-state index in [2.05, 4.69) is 45.9 Å². The summed E-state index contributed by atoms with van der Waals surface area (Å²) < 4.78 is 20.9. The molecule has 0 heterocycles. The van der Waals surface area contributed by atoms with Gasteiger partial charge in [-0.3, -0.25) is 19.2 Å². The van der Waals surface area contributed by atoms with E-state index in [1.54, 1.807) is 48.6 Å². The molecule has 50 heavy (non-hydrogen) atoms. The van der Waals surface area contributed by atoms with E-state index in [4.69, 9.17) is 18.9 Å². The number of hydrogen-bond acceptors (Lipinski definition) is 8. The van der Waals surface area contributed by atoms with Crippen LogP contribution in [0.1, 0.15) is 91.7 Å². The van der Waals surface area contributed by atoms with Crippen LogP contribution >= 0.6 is 0 Å². The lowest BCUT2D eigenvalue weighted by atomic mass is 9.72. The number of rotatable bonds is 14. The third-order valence-electron chi connectivity index (χ3n) is 7.96. The average Bonchev–Trinajstić information content (AvgIpc) is 3.02. The number of carbonyl (C=O) groups excluding carboxylic acids is 4. The monoisotopic (exact) mass is 680 g/mol. The molecule has 0 N–H and O–H groups in total. The van der Waals surface area contributed by atoms with E-state index in [-0.39, 0.29) is 36.4 Å². The summed E-state index contributed by atoms with van der Waals surface area (Å²) in [5, 5.41) is 0. The number of hydrogen-bond donors (Lipinski definition) is 0. The molecule has 1 aliphatic carbocycles. The number of esters is 4. The van der Waals surface area contributed by atoms with E-state index in [0.717, 1.165) is 16.7 Å². The van der Waals surface area contributed by atoms with E-state index in [1.165, 1.54) is 50.3 Å². The number of carbonyl (C=O) groups is 4. The van der Waals surface area contributed by atoms with Crippen molar-refractivity contribution < 1.29 is 38.1 Å². The molecule has 1 aliphatic rings. The lowest BCUT2D eigenvalue weighted by Gasteiger charge is -2.32. The molecule has 0 unspecified atom stereocenters. The maximum absolute atomic E-state index is 12.3. The van der Waals surface area contributed by atoms with Gasteiger partial charge in [0.25, 0.3) is 0 Å². The smallest absolute Gasteiger partial charge is 0.311 e. The minimum Gasteiger partial charge on any atom is -0.461 e. The SMILES string of the molecule is CC(=O)Oc1cc(/C=C/c2ccc(OC(=O)CCC(=O)OC\C=C(C)/C=C/C=C(C)\C=C\C3=C(C)CCCC3(C)C)cc2)cc(OC(C)=O)c1. The van der Waals surface area contributed by atoms with Gasteiger partial charge in [0, 0.05) is 19.9 Å². The predicted octanol–water partition coefficient (Wildman–Crippen LogP) is 9.47. The Labute approximate surface area is 295 Å². The standard InChI is InChI=1S/C42H48O8/c1-29(13-20-39-31(3)12-9-24-42(39,6)7)10-8-11-30(2)23-25-47-40(45)21-22-41(46)50-36-18-16-34(17-19-36)14-15-35-26-37(48-32(4)43)28-38(27-35)49-33(5)44/h8,10-11,13-20,23,26-28H,9,12,21-22,24-25H2,1-7H3/b11-8+,15-14+,20-13+,29-10-,30-23-. The van der Waals surface area contributed by atoms with Crippen molar-refractivity contribution in [3.63, 3.8) is 0 Å². The number of allylic oxidation sites excluding steroid dienone is 9. The predicted molar refractivity (Wildman–Crippen MR) is 196 cm³/mol. The Bertz CT molecular complexity index is 1690. The molecule has 0 saturated heterocycles.